The lowest BCUT2D eigenvalue weighted by Gasteiger charge is -2.06. The number of halogens is 4. The third-order valence-electron chi connectivity index (χ3n) is 3.15. The summed E-state index contributed by atoms with van der Waals surface area (Å²) in [4.78, 5) is 0. The van der Waals surface area contributed by atoms with E-state index in [-0.39, 0.29) is 11.3 Å². The van der Waals surface area contributed by atoms with Gasteiger partial charge in [0.15, 0.2) is 0 Å². The lowest BCUT2D eigenvalue weighted by atomic mass is 10.0. The van der Waals surface area contributed by atoms with Gasteiger partial charge in [0.25, 0.3) is 0 Å². The molecule has 0 N–H and O–H groups in total. The lowest BCUT2D eigenvalue weighted by molar-refractivity contribution is -0.129. The zero-order chi connectivity index (χ0) is 15.0. The second-order valence-electron chi connectivity index (χ2n) is 4.70. The quantitative estimate of drug-likeness (QED) is 0.581. The molecular formula is C16H10F4O. The molecule has 3 aromatic rings. The molecule has 2 aromatic carbocycles. The Balaban J connectivity index is 2.27. The first-order chi connectivity index (χ1) is 9.94. The molecule has 1 aromatic heterocycles. The summed E-state index contributed by atoms with van der Waals surface area (Å²) in [6, 6.07) is 12.2. The highest BCUT2D eigenvalue weighted by Crippen LogP contribution is 2.38. The summed E-state index contributed by atoms with van der Waals surface area (Å²) in [5, 5.41) is 0.348. The molecule has 0 radical (unpaired) electrons. The van der Waals surface area contributed by atoms with Gasteiger partial charge < -0.3 is 4.42 Å². The molecule has 21 heavy (non-hydrogen) atoms. The minimum absolute atomic E-state index is 0.200. The molecule has 0 saturated heterocycles. The summed E-state index contributed by atoms with van der Waals surface area (Å²) in [7, 11) is 0. The first kappa shape index (κ1) is 13.7. The molecule has 108 valence electrons. The summed E-state index contributed by atoms with van der Waals surface area (Å²) in [5.74, 6) is -0.715. The zero-order valence-electron chi connectivity index (χ0n) is 10.7. The van der Waals surface area contributed by atoms with Crippen LogP contribution in [0.2, 0.25) is 0 Å². The Labute approximate surface area is 117 Å². The molecule has 0 unspecified atom stereocenters. The van der Waals surface area contributed by atoms with Crippen LogP contribution in [0.25, 0.3) is 22.1 Å². The van der Waals surface area contributed by atoms with Crippen molar-refractivity contribution < 1.29 is 22.0 Å². The van der Waals surface area contributed by atoms with Crippen LogP contribution in [0.4, 0.5) is 17.6 Å². The fourth-order valence-electron chi connectivity index (χ4n) is 2.35. The maximum Gasteiger partial charge on any atom is 0.396 e. The molecule has 0 amide bonds. The fourth-order valence-corrected chi connectivity index (χ4v) is 2.35. The van der Waals surface area contributed by atoms with Crippen molar-refractivity contribution in [2.24, 2.45) is 0 Å². The van der Waals surface area contributed by atoms with Crippen LogP contribution in [0.3, 0.4) is 0 Å². The number of alkyl halides is 3. The molecular weight excluding hydrogens is 284 g/mol. The molecule has 0 bridgehead atoms. The number of furan rings is 1. The van der Waals surface area contributed by atoms with Gasteiger partial charge in [0.05, 0.1) is 0 Å². The minimum Gasteiger partial charge on any atom is -0.460 e. The van der Waals surface area contributed by atoms with Crippen molar-refractivity contribution in [3.05, 3.63) is 60.1 Å². The van der Waals surface area contributed by atoms with Crippen molar-refractivity contribution in [3.8, 4) is 11.1 Å². The van der Waals surface area contributed by atoms with Crippen LogP contribution in [-0.2, 0) is 6.42 Å². The smallest absolute Gasteiger partial charge is 0.396 e. The van der Waals surface area contributed by atoms with Gasteiger partial charge in [-0.1, -0.05) is 30.3 Å². The number of rotatable bonds is 2. The highest BCUT2D eigenvalue weighted by molar-refractivity contribution is 5.95. The molecule has 0 atom stereocenters. The van der Waals surface area contributed by atoms with Gasteiger partial charge in [0.2, 0.25) is 0 Å². The van der Waals surface area contributed by atoms with Gasteiger partial charge in [-0.15, -0.1) is 0 Å². The number of hydrogen-bond donors (Lipinski definition) is 0. The standard InChI is InChI=1S/C16H10F4O/c17-11-6-7-13-12(8-11)15(10-4-2-1-3-5-10)14(21-13)9-16(18,19)20/h1-8H,9H2. The van der Waals surface area contributed by atoms with Crippen molar-refractivity contribution >= 4 is 11.0 Å². The second kappa shape index (κ2) is 4.91. The molecule has 0 fully saturated rings. The average molecular weight is 294 g/mol. The van der Waals surface area contributed by atoms with Crippen LogP contribution in [0, 0.1) is 5.82 Å². The molecule has 0 aliphatic carbocycles. The normalized spacial score (nSPS) is 12.0. The Morgan fingerprint density at radius 3 is 2.33 bits per heavy atom. The molecule has 0 aliphatic heterocycles. The molecule has 1 nitrogen and oxygen atoms in total. The average Bonchev–Trinajstić information content (AvgIpc) is 2.74. The largest absolute Gasteiger partial charge is 0.460 e. The summed E-state index contributed by atoms with van der Waals surface area (Å²) in [6.45, 7) is 0. The maximum absolute atomic E-state index is 13.4. The van der Waals surface area contributed by atoms with E-state index in [1.165, 1.54) is 12.1 Å². The molecule has 0 spiro atoms. The van der Waals surface area contributed by atoms with E-state index in [1.54, 1.807) is 30.3 Å². The van der Waals surface area contributed by atoms with E-state index in [2.05, 4.69) is 0 Å². The minimum atomic E-state index is -4.39. The third-order valence-corrected chi connectivity index (χ3v) is 3.15. The Bertz CT molecular complexity index is 772. The van der Waals surface area contributed by atoms with Crippen molar-refractivity contribution in [2.45, 2.75) is 12.6 Å². The van der Waals surface area contributed by atoms with Crippen LogP contribution < -0.4 is 0 Å². The van der Waals surface area contributed by atoms with Gasteiger partial charge in [0.1, 0.15) is 23.6 Å². The number of hydrogen-bond acceptors (Lipinski definition) is 1. The summed E-state index contributed by atoms with van der Waals surface area (Å²) in [5.41, 5.74) is 1.11. The summed E-state index contributed by atoms with van der Waals surface area (Å²) in [6.07, 6.45) is -5.58. The second-order valence-corrected chi connectivity index (χ2v) is 4.70. The fraction of sp³-hybridized carbons (Fsp3) is 0.125. The van der Waals surface area contributed by atoms with Crippen molar-refractivity contribution in [1.29, 1.82) is 0 Å². The van der Waals surface area contributed by atoms with Crippen LogP contribution in [0.15, 0.2) is 52.9 Å². The molecule has 0 saturated carbocycles. The zero-order valence-corrected chi connectivity index (χ0v) is 10.7. The van der Waals surface area contributed by atoms with Crippen molar-refractivity contribution in [1.82, 2.24) is 0 Å². The lowest BCUT2D eigenvalue weighted by Crippen LogP contribution is -2.11. The van der Waals surface area contributed by atoms with E-state index in [9.17, 15) is 17.6 Å². The third kappa shape index (κ3) is 2.77. The van der Waals surface area contributed by atoms with Gasteiger partial charge in [-0.2, -0.15) is 13.2 Å². The van der Waals surface area contributed by atoms with E-state index in [1.807, 2.05) is 0 Å². The Morgan fingerprint density at radius 2 is 1.67 bits per heavy atom. The van der Waals surface area contributed by atoms with Crippen molar-refractivity contribution in [2.75, 3.05) is 0 Å². The van der Waals surface area contributed by atoms with Gasteiger partial charge >= 0.3 is 6.18 Å². The predicted molar refractivity (Wildman–Crippen MR) is 71.4 cm³/mol. The Hall–Kier alpha value is -2.30. The van der Waals surface area contributed by atoms with Crippen LogP contribution in [0.5, 0.6) is 0 Å². The monoisotopic (exact) mass is 294 g/mol. The van der Waals surface area contributed by atoms with E-state index in [0.717, 1.165) is 6.07 Å². The topological polar surface area (TPSA) is 13.1 Å². The maximum atomic E-state index is 13.4. The molecule has 3 rings (SSSR count). The van der Waals surface area contributed by atoms with Gasteiger partial charge in [-0.25, -0.2) is 4.39 Å². The van der Waals surface area contributed by atoms with E-state index < -0.39 is 18.4 Å². The van der Waals surface area contributed by atoms with Crippen LogP contribution in [0.1, 0.15) is 5.76 Å². The number of benzene rings is 2. The van der Waals surface area contributed by atoms with Crippen LogP contribution >= 0.6 is 0 Å². The van der Waals surface area contributed by atoms with E-state index in [0.29, 0.717) is 16.5 Å². The SMILES string of the molecule is Fc1ccc2oc(CC(F)(F)F)c(-c3ccccc3)c2c1. The summed E-state index contributed by atoms with van der Waals surface area (Å²) < 4.78 is 56.8. The van der Waals surface area contributed by atoms with Crippen LogP contribution in [-0.4, -0.2) is 6.18 Å². The highest BCUT2D eigenvalue weighted by Gasteiger charge is 2.32. The molecule has 0 aliphatic rings. The number of fused-ring (bicyclic) bond motifs is 1. The van der Waals surface area contributed by atoms with Gasteiger partial charge in [-0.05, 0) is 23.8 Å². The predicted octanol–water partition coefficient (Wildman–Crippen LogP) is 5.34. The van der Waals surface area contributed by atoms with Gasteiger partial charge in [0, 0.05) is 10.9 Å². The summed E-state index contributed by atoms with van der Waals surface area (Å²) >= 11 is 0. The van der Waals surface area contributed by atoms with Crippen molar-refractivity contribution in [3.63, 3.8) is 0 Å². The first-order valence-electron chi connectivity index (χ1n) is 6.27. The van der Waals surface area contributed by atoms with E-state index >= 15 is 0 Å². The molecule has 5 heteroatoms. The van der Waals surface area contributed by atoms with Gasteiger partial charge in [-0.3, -0.25) is 0 Å². The Morgan fingerprint density at radius 1 is 0.952 bits per heavy atom. The Kier molecular flexibility index (Phi) is 3.20. The first-order valence-corrected chi connectivity index (χ1v) is 6.27. The van der Waals surface area contributed by atoms with E-state index in [4.69, 9.17) is 4.42 Å². The molecule has 1 heterocycles. The highest BCUT2D eigenvalue weighted by atomic mass is 19.4.